The Hall–Kier alpha value is -1.33. The maximum absolute atomic E-state index is 11.8. The highest BCUT2D eigenvalue weighted by molar-refractivity contribution is 5.82. The van der Waals surface area contributed by atoms with Crippen molar-refractivity contribution < 1.29 is 14.3 Å². The zero-order chi connectivity index (χ0) is 12.3. The van der Waals surface area contributed by atoms with E-state index >= 15 is 0 Å². The lowest BCUT2D eigenvalue weighted by Gasteiger charge is -2.16. The van der Waals surface area contributed by atoms with Gasteiger partial charge in [0.15, 0.2) is 0 Å². The summed E-state index contributed by atoms with van der Waals surface area (Å²) >= 11 is 0. The van der Waals surface area contributed by atoms with Crippen LogP contribution in [0, 0.1) is 0 Å². The predicted octanol–water partition coefficient (Wildman–Crippen LogP) is 0.0496. The number of amides is 1. The Morgan fingerprint density at radius 2 is 2.59 bits per heavy atom. The van der Waals surface area contributed by atoms with Gasteiger partial charge < -0.3 is 20.2 Å². The molecule has 3 N–H and O–H groups in total. The van der Waals surface area contributed by atoms with E-state index in [1.54, 1.807) is 6.26 Å². The topological polar surface area (TPSA) is 74.5 Å². The number of β-amino-alcohol motifs (C(OH)–C–C–N with tert-alkyl or cyclic N) is 1. The highest BCUT2D eigenvalue weighted by atomic mass is 16.3. The van der Waals surface area contributed by atoms with Crippen molar-refractivity contribution in [3.63, 3.8) is 0 Å². The fraction of sp³-hybridized carbons (Fsp3) is 0.583. The van der Waals surface area contributed by atoms with Crippen molar-refractivity contribution in [2.45, 2.75) is 38.0 Å². The molecule has 1 aromatic rings. The van der Waals surface area contributed by atoms with Crippen LogP contribution in [-0.4, -0.2) is 35.7 Å². The van der Waals surface area contributed by atoms with Gasteiger partial charge in [-0.25, -0.2) is 0 Å². The minimum absolute atomic E-state index is 0.0215. The van der Waals surface area contributed by atoms with Crippen LogP contribution in [0.25, 0.3) is 0 Å². The van der Waals surface area contributed by atoms with Gasteiger partial charge in [-0.15, -0.1) is 0 Å². The van der Waals surface area contributed by atoms with Gasteiger partial charge in [0.05, 0.1) is 18.4 Å². The number of hydrogen-bond acceptors (Lipinski definition) is 4. The van der Waals surface area contributed by atoms with Gasteiger partial charge >= 0.3 is 0 Å². The summed E-state index contributed by atoms with van der Waals surface area (Å²) in [4.78, 5) is 11.8. The zero-order valence-corrected chi connectivity index (χ0v) is 9.85. The lowest BCUT2D eigenvalue weighted by atomic mass is 10.1. The van der Waals surface area contributed by atoms with Crippen LogP contribution >= 0.6 is 0 Å². The van der Waals surface area contributed by atoms with Gasteiger partial charge in [-0.2, -0.15) is 0 Å². The van der Waals surface area contributed by atoms with Crippen LogP contribution in [0.1, 0.15) is 19.1 Å². The Labute approximate surface area is 100 Å². The molecule has 3 atom stereocenters. The molecule has 2 heterocycles. The molecule has 1 fully saturated rings. The van der Waals surface area contributed by atoms with E-state index in [2.05, 4.69) is 10.6 Å². The standard InChI is InChI=1S/C12H18N2O3/c1-8(5-10-3-2-4-17-10)14-12(16)11-6-9(15)7-13-11/h2-4,8-9,11,13,15H,5-7H2,1H3,(H,14,16). The Bertz CT molecular complexity index is 364. The van der Waals surface area contributed by atoms with Gasteiger partial charge in [-0.1, -0.05) is 0 Å². The van der Waals surface area contributed by atoms with Gasteiger partial charge in [0.2, 0.25) is 5.91 Å². The molecular weight excluding hydrogens is 220 g/mol. The van der Waals surface area contributed by atoms with Crippen molar-refractivity contribution in [3.8, 4) is 0 Å². The number of aliphatic hydroxyl groups is 1. The average molecular weight is 238 g/mol. The molecular formula is C12H18N2O3. The van der Waals surface area contributed by atoms with E-state index in [9.17, 15) is 9.90 Å². The van der Waals surface area contributed by atoms with E-state index in [1.165, 1.54) is 0 Å². The van der Waals surface area contributed by atoms with Gasteiger partial charge in [0, 0.05) is 19.0 Å². The molecule has 1 saturated heterocycles. The van der Waals surface area contributed by atoms with Crippen LogP contribution in [0.4, 0.5) is 0 Å². The molecule has 0 aliphatic carbocycles. The summed E-state index contributed by atoms with van der Waals surface area (Å²) < 4.78 is 5.22. The summed E-state index contributed by atoms with van der Waals surface area (Å²) in [5, 5.41) is 15.2. The van der Waals surface area contributed by atoms with E-state index in [1.807, 2.05) is 19.1 Å². The minimum atomic E-state index is -0.411. The number of aliphatic hydroxyl groups excluding tert-OH is 1. The second kappa shape index (κ2) is 5.33. The largest absolute Gasteiger partial charge is 0.469 e. The molecule has 0 bridgehead atoms. The van der Waals surface area contributed by atoms with Crippen LogP contribution in [0.2, 0.25) is 0 Å². The van der Waals surface area contributed by atoms with E-state index in [0.29, 0.717) is 19.4 Å². The first-order chi connectivity index (χ1) is 8.15. The third-order valence-electron chi connectivity index (χ3n) is 2.90. The number of carbonyl (C=O) groups excluding carboxylic acids is 1. The summed E-state index contributed by atoms with van der Waals surface area (Å²) in [6, 6.07) is 3.47. The summed E-state index contributed by atoms with van der Waals surface area (Å²) in [5.74, 6) is 0.804. The number of carbonyl (C=O) groups is 1. The van der Waals surface area contributed by atoms with Gasteiger partial charge in [-0.3, -0.25) is 4.79 Å². The summed E-state index contributed by atoms with van der Waals surface area (Å²) in [6.07, 6.45) is 2.37. The smallest absolute Gasteiger partial charge is 0.237 e. The summed E-state index contributed by atoms with van der Waals surface area (Å²) in [5.41, 5.74) is 0. The van der Waals surface area contributed by atoms with Crippen LogP contribution in [0.3, 0.4) is 0 Å². The molecule has 3 unspecified atom stereocenters. The van der Waals surface area contributed by atoms with Crippen LogP contribution in [-0.2, 0) is 11.2 Å². The number of furan rings is 1. The Kier molecular flexibility index (Phi) is 3.81. The van der Waals surface area contributed by atoms with Crippen molar-refractivity contribution in [1.29, 1.82) is 0 Å². The van der Waals surface area contributed by atoms with Crippen molar-refractivity contribution in [3.05, 3.63) is 24.2 Å². The maximum atomic E-state index is 11.8. The van der Waals surface area contributed by atoms with Crippen molar-refractivity contribution >= 4 is 5.91 Å². The van der Waals surface area contributed by atoms with Crippen molar-refractivity contribution in [2.75, 3.05) is 6.54 Å². The summed E-state index contributed by atoms with van der Waals surface area (Å²) in [6.45, 7) is 2.43. The minimum Gasteiger partial charge on any atom is -0.469 e. The fourth-order valence-electron chi connectivity index (χ4n) is 2.04. The van der Waals surface area contributed by atoms with E-state index in [-0.39, 0.29) is 18.0 Å². The summed E-state index contributed by atoms with van der Waals surface area (Å²) in [7, 11) is 0. The molecule has 1 aromatic heterocycles. The molecule has 5 heteroatoms. The Morgan fingerprint density at radius 3 is 3.18 bits per heavy atom. The molecule has 17 heavy (non-hydrogen) atoms. The lowest BCUT2D eigenvalue weighted by molar-refractivity contribution is -0.123. The molecule has 2 rings (SSSR count). The van der Waals surface area contributed by atoms with Gasteiger partial charge in [-0.05, 0) is 25.5 Å². The number of rotatable bonds is 4. The van der Waals surface area contributed by atoms with Crippen LogP contribution in [0.5, 0.6) is 0 Å². The lowest BCUT2D eigenvalue weighted by Crippen LogP contribution is -2.44. The molecule has 0 radical (unpaired) electrons. The third kappa shape index (κ3) is 3.31. The molecule has 1 amide bonds. The van der Waals surface area contributed by atoms with Crippen molar-refractivity contribution in [1.82, 2.24) is 10.6 Å². The first-order valence-electron chi connectivity index (χ1n) is 5.89. The normalized spacial score (nSPS) is 25.8. The monoisotopic (exact) mass is 238 g/mol. The third-order valence-corrected chi connectivity index (χ3v) is 2.90. The van der Waals surface area contributed by atoms with E-state index < -0.39 is 6.10 Å². The predicted molar refractivity (Wildman–Crippen MR) is 62.4 cm³/mol. The Morgan fingerprint density at radius 1 is 1.76 bits per heavy atom. The van der Waals surface area contributed by atoms with E-state index in [4.69, 9.17) is 4.42 Å². The Balaban J connectivity index is 1.78. The van der Waals surface area contributed by atoms with Gasteiger partial charge in [0.25, 0.3) is 0 Å². The molecule has 0 saturated carbocycles. The second-order valence-electron chi connectivity index (χ2n) is 4.54. The second-order valence-corrected chi connectivity index (χ2v) is 4.54. The average Bonchev–Trinajstić information content (AvgIpc) is 2.89. The maximum Gasteiger partial charge on any atom is 0.237 e. The molecule has 5 nitrogen and oxygen atoms in total. The van der Waals surface area contributed by atoms with Crippen LogP contribution in [0.15, 0.2) is 22.8 Å². The number of hydrogen-bond donors (Lipinski definition) is 3. The molecule has 94 valence electrons. The zero-order valence-electron chi connectivity index (χ0n) is 9.85. The fourth-order valence-corrected chi connectivity index (χ4v) is 2.04. The molecule has 0 spiro atoms. The highest BCUT2D eigenvalue weighted by Crippen LogP contribution is 2.08. The van der Waals surface area contributed by atoms with Gasteiger partial charge in [0.1, 0.15) is 5.76 Å². The molecule has 0 aromatic carbocycles. The SMILES string of the molecule is CC(Cc1ccco1)NC(=O)C1CC(O)CN1. The first-order valence-corrected chi connectivity index (χ1v) is 5.89. The number of nitrogens with one attached hydrogen (secondary N) is 2. The quantitative estimate of drug-likeness (QED) is 0.693. The highest BCUT2D eigenvalue weighted by Gasteiger charge is 2.28. The molecule has 1 aliphatic rings. The van der Waals surface area contributed by atoms with Crippen LogP contribution < -0.4 is 10.6 Å². The first kappa shape index (κ1) is 12.1. The molecule has 1 aliphatic heterocycles. The van der Waals surface area contributed by atoms with E-state index in [0.717, 1.165) is 5.76 Å². The van der Waals surface area contributed by atoms with Crippen molar-refractivity contribution in [2.24, 2.45) is 0 Å².